The van der Waals surface area contributed by atoms with E-state index in [1.54, 1.807) is 0 Å². The first-order valence-corrected chi connectivity index (χ1v) is 8.26. The number of H-pyrrole nitrogens is 1. The van der Waals surface area contributed by atoms with Crippen LogP contribution in [0.4, 0.5) is 0 Å². The summed E-state index contributed by atoms with van der Waals surface area (Å²) in [4.78, 5) is 12.3. The highest BCUT2D eigenvalue weighted by Crippen LogP contribution is 2.21. The molecule has 116 valence electrons. The van der Waals surface area contributed by atoms with Gasteiger partial charge in [0.1, 0.15) is 0 Å². The van der Waals surface area contributed by atoms with Gasteiger partial charge in [0.25, 0.3) is 5.91 Å². The lowest BCUT2D eigenvalue weighted by Crippen LogP contribution is -2.26. The summed E-state index contributed by atoms with van der Waals surface area (Å²) in [6.07, 6.45) is 8.93. The van der Waals surface area contributed by atoms with Gasteiger partial charge in [-0.25, -0.2) is 0 Å². The van der Waals surface area contributed by atoms with Crippen molar-refractivity contribution in [3.05, 3.63) is 17.0 Å². The predicted molar refractivity (Wildman–Crippen MR) is 80.3 cm³/mol. The SMILES string of the molecule is O=C(NCCC[C@@H]1CCOC1)c1n[nH]c2c1CCCCC2. The molecule has 1 amide bonds. The second kappa shape index (κ2) is 7.07. The van der Waals surface area contributed by atoms with Crippen LogP contribution >= 0.6 is 0 Å². The van der Waals surface area contributed by atoms with Gasteiger partial charge in [-0.05, 0) is 50.9 Å². The molecular weight excluding hydrogens is 266 g/mol. The van der Waals surface area contributed by atoms with E-state index in [4.69, 9.17) is 4.74 Å². The van der Waals surface area contributed by atoms with Gasteiger partial charge in [0.05, 0.1) is 0 Å². The molecule has 0 unspecified atom stereocenters. The van der Waals surface area contributed by atoms with Crippen LogP contribution in [0.3, 0.4) is 0 Å². The van der Waals surface area contributed by atoms with Crippen molar-refractivity contribution in [2.24, 2.45) is 5.92 Å². The zero-order chi connectivity index (χ0) is 14.5. The molecule has 21 heavy (non-hydrogen) atoms. The van der Waals surface area contributed by atoms with Gasteiger partial charge >= 0.3 is 0 Å². The third kappa shape index (κ3) is 3.64. The van der Waals surface area contributed by atoms with E-state index >= 15 is 0 Å². The van der Waals surface area contributed by atoms with E-state index < -0.39 is 0 Å². The topological polar surface area (TPSA) is 67.0 Å². The average molecular weight is 291 g/mol. The highest BCUT2D eigenvalue weighted by Gasteiger charge is 2.20. The molecular formula is C16H25N3O2. The van der Waals surface area contributed by atoms with Gasteiger partial charge in [-0.2, -0.15) is 5.10 Å². The quantitative estimate of drug-likeness (QED) is 0.646. The fraction of sp³-hybridized carbons (Fsp3) is 0.750. The maximum atomic E-state index is 12.3. The van der Waals surface area contributed by atoms with Crippen molar-refractivity contribution in [3.8, 4) is 0 Å². The Labute approximate surface area is 125 Å². The van der Waals surface area contributed by atoms with Crippen LogP contribution in [0, 0.1) is 5.92 Å². The summed E-state index contributed by atoms with van der Waals surface area (Å²) in [6.45, 7) is 2.52. The van der Waals surface area contributed by atoms with Gasteiger partial charge in [-0.3, -0.25) is 9.89 Å². The number of nitrogens with zero attached hydrogens (tertiary/aromatic N) is 1. The maximum absolute atomic E-state index is 12.3. The van der Waals surface area contributed by atoms with E-state index in [0.717, 1.165) is 57.4 Å². The first-order chi connectivity index (χ1) is 10.3. The van der Waals surface area contributed by atoms with Crippen molar-refractivity contribution in [3.63, 3.8) is 0 Å². The summed E-state index contributed by atoms with van der Waals surface area (Å²) in [5, 5.41) is 10.3. The third-order valence-electron chi connectivity index (χ3n) is 4.62. The molecule has 1 fully saturated rings. The number of fused-ring (bicyclic) bond motifs is 1. The van der Waals surface area contributed by atoms with E-state index in [0.29, 0.717) is 11.6 Å². The Bertz CT molecular complexity index is 478. The minimum atomic E-state index is -0.0166. The molecule has 1 atom stereocenters. The Hall–Kier alpha value is -1.36. The van der Waals surface area contributed by atoms with Crippen molar-refractivity contribution in [2.45, 2.75) is 51.4 Å². The Morgan fingerprint density at radius 2 is 2.24 bits per heavy atom. The average Bonchev–Trinajstić information content (AvgIpc) is 3.09. The van der Waals surface area contributed by atoms with Gasteiger partial charge < -0.3 is 10.1 Å². The van der Waals surface area contributed by atoms with Crippen LogP contribution in [-0.2, 0) is 17.6 Å². The minimum absolute atomic E-state index is 0.0166. The largest absolute Gasteiger partial charge is 0.381 e. The molecule has 0 aromatic carbocycles. The summed E-state index contributed by atoms with van der Waals surface area (Å²) in [5.74, 6) is 0.667. The number of aromatic amines is 1. The Balaban J connectivity index is 1.47. The van der Waals surface area contributed by atoms with Crippen LogP contribution in [0.25, 0.3) is 0 Å². The number of aromatic nitrogens is 2. The zero-order valence-electron chi connectivity index (χ0n) is 12.6. The maximum Gasteiger partial charge on any atom is 0.272 e. The molecule has 0 saturated carbocycles. The molecule has 2 aliphatic rings. The van der Waals surface area contributed by atoms with E-state index in [1.165, 1.54) is 25.0 Å². The highest BCUT2D eigenvalue weighted by molar-refractivity contribution is 5.93. The number of nitrogens with one attached hydrogen (secondary N) is 2. The lowest BCUT2D eigenvalue weighted by molar-refractivity contribution is 0.0946. The molecule has 1 aromatic heterocycles. The molecule has 0 bridgehead atoms. The van der Waals surface area contributed by atoms with Crippen molar-refractivity contribution in [1.29, 1.82) is 0 Å². The Morgan fingerprint density at radius 3 is 3.10 bits per heavy atom. The fourth-order valence-electron chi connectivity index (χ4n) is 3.33. The lowest BCUT2D eigenvalue weighted by atomic mass is 10.0. The Morgan fingerprint density at radius 1 is 1.33 bits per heavy atom. The molecule has 0 radical (unpaired) electrons. The first-order valence-electron chi connectivity index (χ1n) is 8.26. The number of hydrogen-bond acceptors (Lipinski definition) is 3. The second-order valence-electron chi connectivity index (χ2n) is 6.22. The molecule has 1 aliphatic carbocycles. The molecule has 1 aliphatic heterocycles. The summed E-state index contributed by atoms with van der Waals surface area (Å²) in [7, 11) is 0. The second-order valence-corrected chi connectivity index (χ2v) is 6.22. The summed E-state index contributed by atoms with van der Waals surface area (Å²) >= 11 is 0. The van der Waals surface area contributed by atoms with Gasteiger partial charge in [0.2, 0.25) is 0 Å². The molecule has 2 N–H and O–H groups in total. The minimum Gasteiger partial charge on any atom is -0.381 e. The zero-order valence-corrected chi connectivity index (χ0v) is 12.6. The van der Waals surface area contributed by atoms with Crippen molar-refractivity contribution in [2.75, 3.05) is 19.8 Å². The monoisotopic (exact) mass is 291 g/mol. The normalized spacial score (nSPS) is 21.8. The molecule has 0 spiro atoms. The number of rotatable bonds is 5. The highest BCUT2D eigenvalue weighted by atomic mass is 16.5. The number of aryl methyl sites for hydroxylation is 1. The number of carbonyl (C=O) groups is 1. The first kappa shape index (κ1) is 14.6. The summed E-state index contributed by atoms with van der Waals surface area (Å²) in [6, 6.07) is 0. The van der Waals surface area contributed by atoms with Crippen LogP contribution < -0.4 is 5.32 Å². The lowest BCUT2D eigenvalue weighted by Gasteiger charge is -2.08. The molecule has 2 heterocycles. The van der Waals surface area contributed by atoms with E-state index in [2.05, 4.69) is 15.5 Å². The predicted octanol–water partition coefficient (Wildman–Crippen LogP) is 2.23. The number of carbonyl (C=O) groups excluding carboxylic acids is 1. The van der Waals surface area contributed by atoms with Crippen LogP contribution in [0.15, 0.2) is 0 Å². The van der Waals surface area contributed by atoms with E-state index in [1.807, 2.05) is 0 Å². The standard InChI is InChI=1S/C16H25N3O2/c20-16(17-9-4-5-12-8-10-21-11-12)15-13-6-2-1-3-7-14(13)18-19-15/h12H,1-11H2,(H,17,20)(H,18,19)/t12-/m1/s1. The fourth-order valence-corrected chi connectivity index (χ4v) is 3.33. The van der Waals surface area contributed by atoms with Crippen LogP contribution in [0.1, 0.15) is 60.3 Å². The van der Waals surface area contributed by atoms with E-state index in [9.17, 15) is 4.79 Å². The van der Waals surface area contributed by atoms with Crippen LogP contribution in [-0.4, -0.2) is 35.9 Å². The third-order valence-corrected chi connectivity index (χ3v) is 4.62. The molecule has 5 heteroatoms. The van der Waals surface area contributed by atoms with Crippen LogP contribution in [0.5, 0.6) is 0 Å². The summed E-state index contributed by atoms with van der Waals surface area (Å²) in [5.41, 5.74) is 2.94. The van der Waals surface area contributed by atoms with E-state index in [-0.39, 0.29) is 5.91 Å². The van der Waals surface area contributed by atoms with Crippen LogP contribution in [0.2, 0.25) is 0 Å². The molecule has 3 rings (SSSR count). The van der Waals surface area contributed by atoms with Gasteiger partial charge in [0.15, 0.2) is 5.69 Å². The van der Waals surface area contributed by atoms with Crippen molar-refractivity contribution in [1.82, 2.24) is 15.5 Å². The number of ether oxygens (including phenoxy) is 1. The molecule has 1 aromatic rings. The van der Waals surface area contributed by atoms with Gasteiger partial charge in [-0.1, -0.05) is 6.42 Å². The van der Waals surface area contributed by atoms with Gasteiger partial charge in [-0.15, -0.1) is 0 Å². The van der Waals surface area contributed by atoms with Gasteiger partial charge in [0, 0.05) is 31.0 Å². The number of amides is 1. The summed E-state index contributed by atoms with van der Waals surface area (Å²) < 4.78 is 5.37. The van der Waals surface area contributed by atoms with Crippen molar-refractivity contribution < 1.29 is 9.53 Å². The van der Waals surface area contributed by atoms with Crippen molar-refractivity contribution >= 4 is 5.91 Å². The molecule has 1 saturated heterocycles. The number of hydrogen-bond donors (Lipinski definition) is 2. The smallest absolute Gasteiger partial charge is 0.272 e. The molecule has 5 nitrogen and oxygen atoms in total. The Kier molecular flexibility index (Phi) is 4.91.